The molecule has 2 N–H and O–H groups in total. The van der Waals surface area contributed by atoms with E-state index in [1.165, 1.54) is 7.05 Å². The number of hydrogen-bond donors (Lipinski definition) is 1. The van der Waals surface area contributed by atoms with Gasteiger partial charge in [0.1, 0.15) is 0 Å². The summed E-state index contributed by atoms with van der Waals surface area (Å²) in [5, 5.41) is 0. The molecule has 0 saturated carbocycles. The molecule has 0 radical (unpaired) electrons. The Hall–Kier alpha value is 1.07. The van der Waals surface area contributed by atoms with Gasteiger partial charge in [0.05, 0.1) is 23.7 Å². The molecule has 0 spiro atoms. The molecular formula is CH5Cl2N2O2PS. The summed E-state index contributed by atoms with van der Waals surface area (Å²) < 4.78 is 9.40. The molecule has 9 heavy (non-hydrogen) atoms. The van der Waals surface area contributed by atoms with Crippen molar-refractivity contribution in [3.05, 3.63) is 0 Å². The Kier molecular flexibility index (Phi) is 4.54. The molecule has 0 rings (SSSR count). The minimum atomic E-state index is -2.78. The summed E-state index contributed by atoms with van der Waals surface area (Å²) in [7, 11) is 1.45. The molecule has 8 heteroatoms. The summed E-state index contributed by atoms with van der Waals surface area (Å²) in [6, 6.07) is 0. The van der Waals surface area contributed by atoms with Crippen LogP contribution in [0, 0.1) is 0 Å². The monoisotopic (exact) mass is 210 g/mol. The highest BCUT2D eigenvalue weighted by Gasteiger charge is 2.22. The molecule has 0 heterocycles. The largest absolute Gasteiger partial charge is 0.310 e. The average molecular weight is 211 g/mol. The van der Waals surface area contributed by atoms with E-state index in [0.29, 0.717) is 0 Å². The van der Waals surface area contributed by atoms with Gasteiger partial charge < -0.3 is 0 Å². The number of hydrogen-bond acceptors (Lipinski definition) is 4. The summed E-state index contributed by atoms with van der Waals surface area (Å²) in [4.78, 5) is 0. The Balaban J connectivity index is 4.11. The zero-order valence-electron chi connectivity index (χ0n) is 4.45. The minimum absolute atomic E-state index is 1.02. The fourth-order valence-corrected chi connectivity index (χ4v) is 1.16. The third kappa shape index (κ3) is 2.65. The quantitative estimate of drug-likeness (QED) is 0.433. The number of nitrogens with zero attached hydrogens (tertiary/aromatic N) is 1. The van der Waals surface area contributed by atoms with E-state index in [2.05, 4.69) is 20.0 Å². The molecule has 0 aliphatic heterocycles. The molecule has 0 aromatic heterocycles. The topological polar surface area (TPSA) is 47.7 Å². The van der Waals surface area contributed by atoms with Crippen molar-refractivity contribution in [1.29, 1.82) is 0 Å². The summed E-state index contributed by atoms with van der Waals surface area (Å²) in [5.41, 5.74) is 0. The third-order valence-corrected chi connectivity index (χ3v) is 4.52. The van der Waals surface area contributed by atoms with Crippen LogP contribution in [0.5, 0.6) is 0 Å². The second kappa shape index (κ2) is 4.05. The summed E-state index contributed by atoms with van der Waals surface area (Å²) in [6.07, 6.45) is 0. The van der Waals surface area contributed by atoms with E-state index < -0.39 is 6.64 Å². The van der Waals surface area contributed by atoms with Crippen molar-refractivity contribution in [2.24, 2.45) is 5.84 Å². The molecule has 0 atom stereocenters. The Morgan fingerprint density at radius 2 is 1.89 bits per heavy atom. The molecule has 56 valence electrons. The second-order valence-electron chi connectivity index (χ2n) is 1.18. The fourth-order valence-electron chi connectivity index (χ4n) is 0.108. The van der Waals surface area contributed by atoms with Crippen molar-refractivity contribution in [2.75, 3.05) is 7.05 Å². The van der Waals surface area contributed by atoms with E-state index in [1.54, 1.807) is 0 Å². The summed E-state index contributed by atoms with van der Waals surface area (Å²) >= 11 is 14.5. The van der Waals surface area contributed by atoms with Crippen LogP contribution in [0.15, 0.2) is 0 Å². The summed E-state index contributed by atoms with van der Waals surface area (Å²) in [5.74, 6) is 5.15. The Labute approximate surface area is 68.3 Å². The summed E-state index contributed by atoms with van der Waals surface area (Å²) in [6.45, 7) is -2.78. The van der Waals surface area contributed by atoms with Crippen LogP contribution in [-0.4, -0.2) is 11.8 Å². The van der Waals surface area contributed by atoms with Crippen LogP contribution in [0.1, 0.15) is 0 Å². The highest BCUT2D eigenvalue weighted by Crippen LogP contribution is 2.51. The van der Waals surface area contributed by atoms with Gasteiger partial charge in [-0.3, -0.25) is 5.84 Å². The van der Waals surface area contributed by atoms with Crippen LogP contribution in [0.4, 0.5) is 0 Å². The number of halogens is 2. The molecular weight excluding hydrogens is 206 g/mol. The van der Waals surface area contributed by atoms with Crippen molar-refractivity contribution in [3.8, 4) is 0 Å². The highest BCUT2D eigenvalue weighted by atomic mass is 35.5. The zero-order chi connectivity index (χ0) is 7.49. The highest BCUT2D eigenvalue weighted by molar-refractivity contribution is 8.09. The van der Waals surface area contributed by atoms with Gasteiger partial charge in [0.25, 0.3) is 0 Å². The first-order valence-electron chi connectivity index (χ1n) is 1.76. The lowest BCUT2D eigenvalue weighted by Crippen LogP contribution is -2.22. The van der Waals surface area contributed by atoms with Gasteiger partial charge in [0.15, 0.2) is 0 Å². The predicted octanol–water partition coefficient (Wildman–Crippen LogP) is 1.36. The Morgan fingerprint density at radius 3 is 1.89 bits per heavy atom. The van der Waals surface area contributed by atoms with Crippen molar-refractivity contribution in [2.45, 2.75) is 0 Å². The maximum atomic E-state index is 5.15. The first-order valence-corrected chi connectivity index (χ1v) is 4.97. The van der Waals surface area contributed by atoms with Gasteiger partial charge in [-0.15, -0.1) is 0 Å². The van der Waals surface area contributed by atoms with Gasteiger partial charge in [-0.05, 0) is 11.8 Å². The number of rotatable bonds is 3. The van der Waals surface area contributed by atoms with Crippen LogP contribution in [0.25, 0.3) is 0 Å². The molecule has 0 aromatic rings. The zero-order valence-corrected chi connectivity index (χ0v) is 7.68. The molecule has 4 nitrogen and oxygen atoms in total. The third-order valence-electron chi connectivity index (χ3n) is 0.561. The van der Waals surface area contributed by atoms with E-state index in [1.807, 2.05) is 0 Å². The standard InChI is InChI=1S/CH5Cl2N2O2PS/c1-5(4)8(9,6-2)7-3/h4H2,1H3. The van der Waals surface area contributed by atoms with Gasteiger partial charge in [-0.1, -0.05) is 0 Å². The number of hydrazine groups is 1. The van der Waals surface area contributed by atoms with Crippen molar-refractivity contribution in [1.82, 2.24) is 4.78 Å². The van der Waals surface area contributed by atoms with Gasteiger partial charge in [0.2, 0.25) is 0 Å². The molecule has 0 saturated heterocycles. The molecule has 0 fully saturated rings. The van der Waals surface area contributed by atoms with Crippen LogP contribution < -0.4 is 5.84 Å². The molecule has 0 bridgehead atoms. The molecule has 0 aromatic carbocycles. The lowest BCUT2D eigenvalue weighted by molar-refractivity contribution is 0.423. The SMILES string of the molecule is CN(N)P(=S)(OCl)OCl. The van der Waals surface area contributed by atoms with Gasteiger partial charge in [-0.25, -0.2) is 8.15 Å². The molecule has 0 unspecified atom stereocenters. The Morgan fingerprint density at radius 1 is 1.56 bits per heavy atom. The Bertz CT molecular complexity index is 124. The van der Waals surface area contributed by atoms with Crippen LogP contribution in [0.2, 0.25) is 0 Å². The average Bonchev–Trinajstić information content (AvgIpc) is 1.86. The second-order valence-corrected chi connectivity index (χ2v) is 5.24. The maximum absolute atomic E-state index is 5.15. The lowest BCUT2D eigenvalue weighted by Gasteiger charge is -2.18. The number of nitrogens with two attached hydrogens (primary N) is 1. The van der Waals surface area contributed by atoms with Gasteiger partial charge in [-0.2, -0.15) is 4.78 Å². The fraction of sp³-hybridized carbons (Fsp3) is 1.00. The first-order chi connectivity index (χ1) is 4.06. The molecule has 0 amide bonds. The van der Waals surface area contributed by atoms with Gasteiger partial charge in [0, 0.05) is 7.05 Å². The van der Waals surface area contributed by atoms with Gasteiger partial charge >= 0.3 is 6.64 Å². The maximum Gasteiger partial charge on any atom is 0.310 e. The van der Waals surface area contributed by atoms with Crippen LogP contribution in [-0.2, 0) is 20.0 Å². The van der Waals surface area contributed by atoms with E-state index in [0.717, 1.165) is 4.78 Å². The minimum Gasteiger partial charge on any atom is -0.261 e. The smallest absolute Gasteiger partial charge is 0.261 e. The lowest BCUT2D eigenvalue weighted by atomic mass is 11.5. The molecule has 0 aliphatic rings. The van der Waals surface area contributed by atoms with E-state index >= 15 is 0 Å². The van der Waals surface area contributed by atoms with Crippen molar-refractivity contribution in [3.63, 3.8) is 0 Å². The molecule has 0 aliphatic carbocycles. The van der Waals surface area contributed by atoms with E-state index in [4.69, 9.17) is 29.6 Å². The van der Waals surface area contributed by atoms with Crippen molar-refractivity contribution >= 4 is 42.2 Å². The normalized spacial score (nSPS) is 12.6. The first kappa shape index (κ1) is 10.1. The van der Waals surface area contributed by atoms with E-state index in [-0.39, 0.29) is 0 Å². The van der Waals surface area contributed by atoms with Crippen molar-refractivity contribution < 1.29 is 8.15 Å². The van der Waals surface area contributed by atoms with E-state index in [9.17, 15) is 0 Å². The van der Waals surface area contributed by atoms with Crippen LogP contribution in [0.3, 0.4) is 0 Å². The predicted molar refractivity (Wildman–Crippen MR) is 40.1 cm³/mol. The van der Waals surface area contributed by atoms with Crippen LogP contribution >= 0.6 is 30.4 Å².